The number of nitrogens with zero attached hydrogens (tertiary/aromatic N) is 2. The average molecular weight is 465 g/mol. The Morgan fingerprint density at radius 1 is 1.03 bits per heavy atom. The molecule has 0 aliphatic carbocycles. The minimum atomic E-state index is 0.000430. The Bertz CT molecular complexity index is 880. The predicted octanol–water partition coefficient (Wildman–Crippen LogP) is 6.50. The lowest BCUT2D eigenvalue weighted by molar-refractivity contribution is -0.137. The monoisotopic (exact) mass is 464 g/mol. The molecule has 0 N–H and O–H groups in total. The Morgan fingerprint density at radius 3 is 2.32 bits per heavy atom. The van der Waals surface area contributed by atoms with Crippen LogP contribution in [0.5, 0.6) is 5.75 Å². The van der Waals surface area contributed by atoms with Gasteiger partial charge in [-0.25, -0.2) is 0 Å². The SMILES string of the molecule is CCCC1CCC[C@@](c2ccccc2)(N(C)C)CCCN(Cc2ccc(OC)cc2)C(=O)C1C. The van der Waals surface area contributed by atoms with Crippen LogP contribution in [0.3, 0.4) is 0 Å². The standard InChI is InChI=1S/C30H44N2O2/c1-6-12-26-13-10-20-30(31(3)4,27-14-8-7-9-15-27)21-11-22-32(29(33)24(26)2)23-25-16-18-28(34-5)19-17-25/h7-9,14-19,24,26H,6,10-13,20-23H2,1-5H3/t24?,26?,30-/m1/s1. The normalized spacial score (nSPS) is 24.6. The first-order valence-electron chi connectivity index (χ1n) is 13.1. The summed E-state index contributed by atoms with van der Waals surface area (Å²) in [5.41, 5.74) is 2.55. The Kier molecular flexibility index (Phi) is 9.58. The zero-order valence-corrected chi connectivity index (χ0v) is 21.9. The molecule has 0 saturated carbocycles. The molecule has 2 aromatic carbocycles. The van der Waals surface area contributed by atoms with Gasteiger partial charge in [0.2, 0.25) is 5.91 Å². The molecular formula is C30H44N2O2. The van der Waals surface area contributed by atoms with Crippen LogP contribution in [0.1, 0.15) is 69.9 Å². The van der Waals surface area contributed by atoms with Crippen molar-refractivity contribution in [3.05, 3.63) is 65.7 Å². The summed E-state index contributed by atoms with van der Waals surface area (Å²) in [6, 6.07) is 19.1. The van der Waals surface area contributed by atoms with Crippen molar-refractivity contribution >= 4 is 5.91 Å². The number of amides is 1. The van der Waals surface area contributed by atoms with Crippen molar-refractivity contribution in [1.29, 1.82) is 0 Å². The third kappa shape index (κ3) is 6.21. The van der Waals surface area contributed by atoms with Gasteiger partial charge in [-0.1, -0.05) is 69.2 Å². The zero-order chi connectivity index (χ0) is 24.6. The van der Waals surface area contributed by atoms with E-state index in [2.05, 4.69) is 80.2 Å². The van der Waals surface area contributed by atoms with E-state index in [1.807, 2.05) is 12.1 Å². The highest BCUT2D eigenvalue weighted by molar-refractivity contribution is 5.78. The number of carbonyl (C=O) groups excluding carboxylic acids is 1. The quantitative estimate of drug-likeness (QED) is 0.469. The highest BCUT2D eigenvalue weighted by Gasteiger charge is 2.36. The molecule has 4 heteroatoms. The molecule has 1 amide bonds. The van der Waals surface area contributed by atoms with Crippen LogP contribution in [0.15, 0.2) is 54.6 Å². The van der Waals surface area contributed by atoms with Crippen LogP contribution < -0.4 is 4.74 Å². The highest BCUT2D eigenvalue weighted by Crippen LogP contribution is 2.39. The van der Waals surface area contributed by atoms with Crippen molar-refractivity contribution in [1.82, 2.24) is 9.80 Å². The first-order valence-corrected chi connectivity index (χ1v) is 13.1. The van der Waals surface area contributed by atoms with Crippen LogP contribution in [0, 0.1) is 11.8 Å². The molecule has 3 atom stereocenters. The number of benzene rings is 2. The molecule has 1 fully saturated rings. The van der Waals surface area contributed by atoms with Gasteiger partial charge >= 0.3 is 0 Å². The number of methoxy groups -OCH3 is 1. The molecule has 1 aliphatic heterocycles. The number of ether oxygens (including phenoxy) is 1. The van der Waals surface area contributed by atoms with Gasteiger partial charge in [0.25, 0.3) is 0 Å². The summed E-state index contributed by atoms with van der Waals surface area (Å²) in [5, 5.41) is 0. The molecule has 3 rings (SSSR count). The second-order valence-electron chi connectivity index (χ2n) is 10.2. The predicted molar refractivity (Wildman–Crippen MR) is 141 cm³/mol. The second kappa shape index (κ2) is 12.4. The lowest BCUT2D eigenvalue weighted by atomic mass is 9.78. The molecule has 2 unspecified atom stereocenters. The van der Waals surface area contributed by atoms with E-state index in [9.17, 15) is 4.79 Å². The second-order valence-corrected chi connectivity index (χ2v) is 10.2. The van der Waals surface area contributed by atoms with Crippen molar-refractivity contribution < 1.29 is 9.53 Å². The number of hydrogen-bond donors (Lipinski definition) is 0. The molecule has 1 aliphatic rings. The minimum absolute atomic E-state index is 0.000430. The molecule has 2 aromatic rings. The number of rotatable bonds is 7. The van der Waals surface area contributed by atoms with E-state index in [-0.39, 0.29) is 11.5 Å². The van der Waals surface area contributed by atoms with Gasteiger partial charge in [0, 0.05) is 24.5 Å². The highest BCUT2D eigenvalue weighted by atomic mass is 16.5. The van der Waals surface area contributed by atoms with Gasteiger partial charge in [-0.2, -0.15) is 0 Å². The summed E-state index contributed by atoms with van der Waals surface area (Å²) in [6.07, 6.45) is 7.65. The third-order valence-electron chi connectivity index (χ3n) is 7.95. The molecule has 0 radical (unpaired) electrons. The zero-order valence-electron chi connectivity index (χ0n) is 21.9. The summed E-state index contributed by atoms with van der Waals surface area (Å²) in [6.45, 7) is 5.85. The van der Waals surface area contributed by atoms with E-state index < -0.39 is 0 Å². The number of carbonyl (C=O) groups is 1. The summed E-state index contributed by atoms with van der Waals surface area (Å²) < 4.78 is 5.32. The van der Waals surface area contributed by atoms with Gasteiger partial charge in [0.05, 0.1) is 7.11 Å². The van der Waals surface area contributed by atoms with Gasteiger partial charge in [0.1, 0.15) is 5.75 Å². The van der Waals surface area contributed by atoms with Crippen molar-refractivity contribution in [2.24, 2.45) is 11.8 Å². The fourth-order valence-electron chi connectivity index (χ4n) is 5.81. The van der Waals surface area contributed by atoms with Crippen molar-refractivity contribution in [3.8, 4) is 5.75 Å². The summed E-state index contributed by atoms with van der Waals surface area (Å²) in [5.74, 6) is 1.65. The van der Waals surface area contributed by atoms with E-state index >= 15 is 0 Å². The average Bonchev–Trinajstić information content (AvgIpc) is 2.88. The van der Waals surface area contributed by atoms with Crippen LogP contribution in [-0.4, -0.2) is 43.5 Å². The van der Waals surface area contributed by atoms with Crippen LogP contribution in [-0.2, 0) is 16.9 Å². The molecular weight excluding hydrogens is 420 g/mol. The lowest BCUT2D eigenvalue weighted by Gasteiger charge is -2.41. The van der Waals surface area contributed by atoms with Crippen LogP contribution >= 0.6 is 0 Å². The molecule has 0 bridgehead atoms. The topological polar surface area (TPSA) is 32.8 Å². The Labute approximate surface area is 207 Å². The first kappa shape index (κ1) is 26.3. The maximum atomic E-state index is 13.7. The molecule has 0 aromatic heterocycles. The first-order chi connectivity index (χ1) is 16.4. The van der Waals surface area contributed by atoms with Gasteiger partial charge in [0.15, 0.2) is 0 Å². The Morgan fingerprint density at radius 2 is 1.71 bits per heavy atom. The number of hydrogen-bond acceptors (Lipinski definition) is 3. The van der Waals surface area contributed by atoms with Crippen molar-refractivity contribution in [2.75, 3.05) is 27.7 Å². The van der Waals surface area contributed by atoms with Gasteiger partial charge < -0.3 is 9.64 Å². The molecule has 0 spiro atoms. The van der Waals surface area contributed by atoms with E-state index in [0.717, 1.165) is 62.8 Å². The van der Waals surface area contributed by atoms with E-state index in [1.165, 1.54) is 5.56 Å². The van der Waals surface area contributed by atoms with Gasteiger partial charge in [-0.15, -0.1) is 0 Å². The van der Waals surface area contributed by atoms with Crippen molar-refractivity contribution in [2.45, 2.75) is 70.9 Å². The molecule has 4 nitrogen and oxygen atoms in total. The smallest absolute Gasteiger partial charge is 0.225 e. The molecule has 186 valence electrons. The van der Waals surface area contributed by atoms with E-state index in [4.69, 9.17) is 4.74 Å². The Hall–Kier alpha value is -2.33. The summed E-state index contributed by atoms with van der Waals surface area (Å²) >= 11 is 0. The van der Waals surface area contributed by atoms with E-state index in [0.29, 0.717) is 18.4 Å². The van der Waals surface area contributed by atoms with Crippen LogP contribution in [0.25, 0.3) is 0 Å². The Balaban J connectivity index is 1.91. The minimum Gasteiger partial charge on any atom is -0.497 e. The molecule has 1 heterocycles. The van der Waals surface area contributed by atoms with Crippen molar-refractivity contribution in [3.63, 3.8) is 0 Å². The fraction of sp³-hybridized carbons (Fsp3) is 0.567. The largest absolute Gasteiger partial charge is 0.497 e. The molecule has 34 heavy (non-hydrogen) atoms. The van der Waals surface area contributed by atoms with E-state index in [1.54, 1.807) is 7.11 Å². The maximum absolute atomic E-state index is 13.7. The third-order valence-corrected chi connectivity index (χ3v) is 7.95. The van der Waals surface area contributed by atoms with Crippen LogP contribution in [0.2, 0.25) is 0 Å². The maximum Gasteiger partial charge on any atom is 0.225 e. The summed E-state index contributed by atoms with van der Waals surface area (Å²) in [7, 11) is 6.13. The van der Waals surface area contributed by atoms with Gasteiger partial charge in [-0.3, -0.25) is 9.69 Å². The van der Waals surface area contributed by atoms with Gasteiger partial charge in [-0.05, 0) is 75.4 Å². The molecule has 1 saturated heterocycles. The lowest BCUT2D eigenvalue weighted by Crippen LogP contribution is -2.42. The van der Waals surface area contributed by atoms with Crippen LogP contribution in [0.4, 0.5) is 0 Å². The summed E-state index contributed by atoms with van der Waals surface area (Å²) in [4.78, 5) is 18.3. The fourth-order valence-corrected chi connectivity index (χ4v) is 5.81.